The van der Waals surface area contributed by atoms with Crippen molar-refractivity contribution in [2.75, 3.05) is 13.7 Å². The molecule has 1 amide bonds. The molecule has 112 valence electrons. The summed E-state index contributed by atoms with van der Waals surface area (Å²) < 4.78 is 27.4. The van der Waals surface area contributed by atoms with E-state index in [2.05, 4.69) is 5.32 Å². The van der Waals surface area contributed by atoms with Crippen molar-refractivity contribution in [1.82, 2.24) is 5.32 Å². The maximum atomic E-state index is 11.7. The van der Waals surface area contributed by atoms with Crippen LogP contribution in [0, 0.1) is 5.92 Å². The Morgan fingerprint density at radius 1 is 1.45 bits per heavy atom. The SMILES string of the molecule is COCC(C)CC(=O)NCc1cccc(S(N)(=O)=O)c1. The lowest BCUT2D eigenvalue weighted by Crippen LogP contribution is -2.25. The number of hydrogen-bond acceptors (Lipinski definition) is 4. The molecule has 0 aliphatic rings. The lowest BCUT2D eigenvalue weighted by atomic mass is 10.1. The van der Waals surface area contributed by atoms with E-state index in [1.165, 1.54) is 12.1 Å². The highest BCUT2D eigenvalue weighted by Gasteiger charge is 2.10. The van der Waals surface area contributed by atoms with Gasteiger partial charge in [0.05, 0.1) is 4.90 Å². The van der Waals surface area contributed by atoms with Crippen molar-refractivity contribution in [2.45, 2.75) is 24.8 Å². The quantitative estimate of drug-likeness (QED) is 0.771. The van der Waals surface area contributed by atoms with Gasteiger partial charge in [-0.3, -0.25) is 4.79 Å². The first-order valence-corrected chi connectivity index (χ1v) is 7.75. The number of carbonyl (C=O) groups excluding carboxylic acids is 1. The third kappa shape index (κ3) is 5.68. The maximum absolute atomic E-state index is 11.7. The molecule has 0 radical (unpaired) electrons. The molecule has 0 saturated heterocycles. The van der Waals surface area contributed by atoms with Crippen molar-refractivity contribution in [1.29, 1.82) is 0 Å². The lowest BCUT2D eigenvalue weighted by molar-refractivity contribution is -0.122. The van der Waals surface area contributed by atoms with Crippen molar-refractivity contribution in [2.24, 2.45) is 11.1 Å². The highest BCUT2D eigenvalue weighted by atomic mass is 32.2. The zero-order valence-electron chi connectivity index (χ0n) is 11.6. The Labute approximate surface area is 119 Å². The molecule has 0 aromatic heterocycles. The molecule has 0 heterocycles. The summed E-state index contributed by atoms with van der Waals surface area (Å²) in [4.78, 5) is 11.7. The predicted molar refractivity (Wildman–Crippen MR) is 75.3 cm³/mol. The molecule has 3 N–H and O–H groups in total. The van der Waals surface area contributed by atoms with Crippen molar-refractivity contribution in [3.05, 3.63) is 29.8 Å². The molecular formula is C13H20N2O4S. The number of ether oxygens (including phenoxy) is 1. The van der Waals surface area contributed by atoms with Crippen LogP contribution in [0.4, 0.5) is 0 Å². The maximum Gasteiger partial charge on any atom is 0.238 e. The Morgan fingerprint density at radius 2 is 2.15 bits per heavy atom. The zero-order valence-corrected chi connectivity index (χ0v) is 12.4. The van der Waals surface area contributed by atoms with E-state index in [0.717, 1.165) is 0 Å². The monoisotopic (exact) mass is 300 g/mol. The summed E-state index contributed by atoms with van der Waals surface area (Å²) in [7, 11) is -2.13. The molecular weight excluding hydrogens is 280 g/mol. The molecule has 1 aromatic rings. The number of sulfonamides is 1. The summed E-state index contributed by atoms with van der Waals surface area (Å²) in [6.07, 6.45) is 0.364. The van der Waals surface area contributed by atoms with Gasteiger partial charge in [0.15, 0.2) is 0 Å². The number of carbonyl (C=O) groups is 1. The second kappa shape index (κ2) is 7.37. The van der Waals surface area contributed by atoms with E-state index in [0.29, 0.717) is 18.6 Å². The number of methoxy groups -OCH3 is 1. The van der Waals surface area contributed by atoms with E-state index < -0.39 is 10.0 Å². The van der Waals surface area contributed by atoms with Crippen LogP contribution < -0.4 is 10.5 Å². The number of primary sulfonamides is 1. The van der Waals surface area contributed by atoms with Crippen LogP contribution in [0.15, 0.2) is 29.2 Å². The van der Waals surface area contributed by atoms with Crippen LogP contribution in [0.2, 0.25) is 0 Å². The smallest absolute Gasteiger partial charge is 0.238 e. The normalized spacial score (nSPS) is 12.9. The van der Waals surface area contributed by atoms with E-state index in [1.807, 2.05) is 6.92 Å². The number of hydrogen-bond donors (Lipinski definition) is 2. The fourth-order valence-corrected chi connectivity index (χ4v) is 2.35. The number of nitrogens with one attached hydrogen (secondary N) is 1. The van der Waals surface area contributed by atoms with Crippen molar-refractivity contribution in [3.63, 3.8) is 0 Å². The molecule has 0 aliphatic carbocycles. The van der Waals surface area contributed by atoms with E-state index in [9.17, 15) is 13.2 Å². The molecule has 6 nitrogen and oxygen atoms in total. The fourth-order valence-electron chi connectivity index (χ4n) is 1.77. The minimum Gasteiger partial charge on any atom is -0.384 e. The van der Waals surface area contributed by atoms with Gasteiger partial charge in [-0.2, -0.15) is 0 Å². The second-order valence-electron chi connectivity index (χ2n) is 4.73. The molecule has 0 spiro atoms. The molecule has 1 atom stereocenters. The summed E-state index contributed by atoms with van der Waals surface area (Å²) in [6.45, 7) is 2.71. The van der Waals surface area contributed by atoms with E-state index in [1.54, 1.807) is 19.2 Å². The molecule has 1 unspecified atom stereocenters. The summed E-state index contributed by atoms with van der Waals surface area (Å²) in [5.74, 6) is 0.0336. The Morgan fingerprint density at radius 3 is 2.75 bits per heavy atom. The summed E-state index contributed by atoms with van der Waals surface area (Å²) in [5, 5.41) is 7.79. The third-order valence-corrected chi connectivity index (χ3v) is 3.61. The van der Waals surface area contributed by atoms with Crippen LogP contribution in [-0.2, 0) is 26.1 Å². The Kier molecular flexibility index (Phi) is 6.12. The van der Waals surface area contributed by atoms with Crippen LogP contribution in [0.25, 0.3) is 0 Å². The lowest BCUT2D eigenvalue weighted by Gasteiger charge is -2.10. The highest BCUT2D eigenvalue weighted by Crippen LogP contribution is 2.10. The van der Waals surface area contributed by atoms with Crippen molar-refractivity contribution >= 4 is 15.9 Å². The standard InChI is InChI=1S/C13H20N2O4S/c1-10(9-19-2)6-13(16)15-8-11-4-3-5-12(7-11)20(14,17)18/h3-5,7,10H,6,8-9H2,1-2H3,(H,15,16)(H2,14,17,18). The first-order chi connectivity index (χ1) is 9.32. The minimum absolute atomic E-state index is 0.0389. The van der Waals surface area contributed by atoms with E-state index in [4.69, 9.17) is 9.88 Å². The fraction of sp³-hybridized carbons (Fsp3) is 0.462. The Hall–Kier alpha value is -1.44. The molecule has 0 bridgehead atoms. The number of benzene rings is 1. The van der Waals surface area contributed by atoms with Gasteiger partial charge in [-0.1, -0.05) is 19.1 Å². The van der Waals surface area contributed by atoms with Crippen LogP contribution in [0.5, 0.6) is 0 Å². The molecule has 0 fully saturated rings. The molecule has 7 heteroatoms. The number of amides is 1. The predicted octanol–water partition coefficient (Wildman–Crippen LogP) is 0.623. The molecule has 1 rings (SSSR count). The van der Waals surface area contributed by atoms with Gasteiger partial charge in [0, 0.05) is 26.7 Å². The third-order valence-electron chi connectivity index (χ3n) is 2.70. The topological polar surface area (TPSA) is 98.5 Å². The first-order valence-electron chi connectivity index (χ1n) is 6.20. The molecule has 20 heavy (non-hydrogen) atoms. The van der Waals surface area contributed by atoms with Crippen LogP contribution >= 0.6 is 0 Å². The van der Waals surface area contributed by atoms with Gasteiger partial charge in [0.1, 0.15) is 0 Å². The van der Waals surface area contributed by atoms with Crippen molar-refractivity contribution < 1.29 is 17.9 Å². The molecule has 0 saturated carbocycles. The van der Waals surface area contributed by atoms with Crippen LogP contribution in [-0.4, -0.2) is 28.0 Å². The Bertz CT molecular complexity index is 557. The average molecular weight is 300 g/mol. The van der Waals surface area contributed by atoms with Gasteiger partial charge in [0.25, 0.3) is 0 Å². The summed E-state index contributed by atoms with van der Waals surface area (Å²) in [6, 6.07) is 6.19. The van der Waals surface area contributed by atoms with E-state index in [-0.39, 0.29) is 23.3 Å². The van der Waals surface area contributed by atoms with Crippen LogP contribution in [0.1, 0.15) is 18.9 Å². The molecule has 1 aromatic carbocycles. The molecule has 0 aliphatic heterocycles. The average Bonchev–Trinajstić information content (AvgIpc) is 2.36. The highest BCUT2D eigenvalue weighted by molar-refractivity contribution is 7.89. The summed E-state index contributed by atoms with van der Waals surface area (Å²) >= 11 is 0. The minimum atomic E-state index is -3.72. The van der Waals surface area contributed by atoms with Gasteiger partial charge in [-0.15, -0.1) is 0 Å². The Balaban J connectivity index is 2.56. The van der Waals surface area contributed by atoms with Gasteiger partial charge < -0.3 is 10.1 Å². The van der Waals surface area contributed by atoms with Gasteiger partial charge >= 0.3 is 0 Å². The van der Waals surface area contributed by atoms with Crippen molar-refractivity contribution in [3.8, 4) is 0 Å². The zero-order chi connectivity index (χ0) is 15.2. The van der Waals surface area contributed by atoms with E-state index >= 15 is 0 Å². The summed E-state index contributed by atoms with van der Waals surface area (Å²) in [5.41, 5.74) is 0.685. The van der Waals surface area contributed by atoms with Gasteiger partial charge in [-0.25, -0.2) is 13.6 Å². The number of rotatable bonds is 7. The largest absolute Gasteiger partial charge is 0.384 e. The second-order valence-corrected chi connectivity index (χ2v) is 6.30. The van der Waals surface area contributed by atoms with Gasteiger partial charge in [-0.05, 0) is 23.6 Å². The number of nitrogens with two attached hydrogens (primary N) is 1. The van der Waals surface area contributed by atoms with Gasteiger partial charge in [0.2, 0.25) is 15.9 Å². The first kappa shape index (κ1) is 16.6. The van der Waals surface area contributed by atoms with Crippen LogP contribution in [0.3, 0.4) is 0 Å².